The van der Waals surface area contributed by atoms with Crippen LogP contribution < -0.4 is 0 Å². The van der Waals surface area contributed by atoms with Gasteiger partial charge in [0.1, 0.15) is 11.2 Å². The Balaban J connectivity index is 1.01. The fourth-order valence-electron chi connectivity index (χ4n) is 8.47. The van der Waals surface area contributed by atoms with Gasteiger partial charge in [-0.15, -0.1) is 11.3 Å². The minimum absolute atomic E-state index is 0.0394. The Morgan fingerprint density at radius 3 is 1.49 bits per heavy atom. The molecule has 0 saturated heterocycles. The second-order valence-corrected chi connectivity index (χ2v) is 17.2. The van der Waals surface area contributed by atoms with E-state index in [1.54, 1.807) is 0 Å². The zero-order chi connectivity index (χ0) is 56.3. The van der Waals surface area contributed by atoms with Gasteiger partial charge in [0.2, 0.25) is 0 Å². The monoisotopic (exact) mass is 898 g/mol. The van der Waals surface area contributed by atoms with Crippen molar-refractivity contribution in [2.45, 2.75) is 0 Å². The molecule has 0 amide bonds. The summed E-state index contributed by atoms with van der Waals surface area (Å²) in [5.74, 6) is 0.371. The first-order chi connectivity index (χ1) is 39.1. The lowest BCUT2D eigenvalue weighted by molar-refractivity contribution is 0.669. The Morgan fingerprint density at radius 2 is 0.794 bits per heavy atom. The summed E-state index contributed by atoms with van der Waals surface area (Å²) < 4.78 is 125. The minimum atomic E-state index is -0.655. The van der Waals surface area contributed by atoms with E-state index in [1.165, 1.54) is 0 Å². The van der Waals surface area contributed by atoms with Gasteiger partial charge in [-0.2, -0.15) is 0 Å². The molecule has 4 nitrogen and oxygen atoms in total. The molecule has 13 rings (SSSR count). The van der Waals surface area contributed by atoms with E-state index in [0.29, 0.717) is 11.1 Å². The molecule has 0 N–H and O–H groups in total. The number of thiophene rings is 1. The molecule has 10 aromatic carbocycles. The van der Waals surface area contributed by atoms with Crippen LogP contribution in [-0.4, -0.2) is 15.0 Å². The lowest BCUT2D eigenvalue weighted by atomic mass is 9.96. The zero-order valence-electron chi connectivity index (χ0n) is 48.7. The van der Waals surface area contributed by atoms with Crippen LogP contribution in [0.1, 0.15) is 17.8 Å². The van der Waals surface area contributed by atoms with E-state index >= 15 is 0 Å². The zero-order valence-corrected chi connectivity index (χ0v) is 36.5. The van der Waals surface area contributed by atoms with Crippen LogP contribution in [0.4, 0.5) is 0 Å². The molecule has 0 fully saturated rings. The summed E-state index contributed by atoms with van der Waals surface area (Å²) in [6.07, 6.45) is 0. The molecule has 0 aliphatic heterocycles. The standard InChI is InChI=1S/C63H39N3OS/c1-4-13-40(14-5-1)45-19-12-20-46(33-45)43-23-25-44(26-24-43)61-64-62(66-63(65-61)52-35-50(41-15-6-2-7-16-41)34-51(36-52)42-17-8-3-9-18-42)49-28-31-55-56-37-47(29-32-59(56)68-60(55)39-49)48-27-30-54-53-21-10-11-22-57(53)67-58(54)38-48/h1-39H/i10D,11D,21D,22D,27D,28D,29D,30D,31D,32D,37D,38D,39D. The number of furan rings is 1. The quantitative estimate of drug-likeness (QED) is 0.152. The molecule has 68 heavy (non-hydrogen) atoms. The van der Waals surface area contributed by atoms with Gasteiger partial charge in [-0.05, 0) is 116 Å². The van der Waals surface area contributed by atoms with Gasteiger partial charge in [0, 0.05) is 47.6 Å². The first-order valence-corrected chi connectivity index (χ1v) is 22.6. The van der Waals surface area contributed by atoms with E-state index < -0.39 is 83.6 Å². The Hall–Kier alpha value is -8.77. The molecule has 0 saturated carbocycles. The summed E-state index contributed by atoms with van der Waals surface area (Å²) in [7, 11) is 0. The molecule has 0 atom stereocenters. The van der Waals surface area contributed by atoms with Crippen LogP contribution in [0.3, 0.4) is 0 Å². The minimum Gasteiger partial charge on any atom is -0.456 e. The van der Waals surface area contributed by atoms with E-state index in [1.807, 2.05) is 127 Å². The third-order valence-electron chi connectivity index (χ3n) is 11.9. The maximum absolute atomic E-state index is 9.89. The van der Waals surface area contributed by atoms with Crippen LogP contribution in [0.5, 0.6) is 0 Å². The molecule has 13 aromatic rings. The van der Waals surface area contributed by atoms with Gasteiger partial charge >= 0.3 is 0 Å². The third kappa shape index (κ3) is 7.32. The molecule has 0 bridgehead atoms. The highest BCUT2D eigenvalue weighted by Gasteiger charge is 2.17. The second kappa shape index (κ2) is 16.6. The van der Waals surface area contributed by atoms with Crippen LogP contribution >= 0.6 is 11.3 Å². The number of nitrogens with zero attached hydrogens (tertiary/aromatic N) is 3. The van der Waals surface area contributed by atoms with Crippen molar-refractivity contribution in [2.24, 2.45) is 0 Å². The fourth-order valence-corrected chi connectivity index (χ4v) is 9.44. The molecule has 0 aliphatic rings. The molecule has 0 aliphatic carbocycles. The summed E-state index contributed by atoms with van der Waals surface area (Å²) >= 11 is 0.885. The van der Waals surface area contributed by atoms with Gasteiger partial charge in [-0.25, -0.2) is 15.0 Å². The van der Waals surface area contributed by atoms with Gasteiger partial charge in [-0.1, -0.05) is 176 Å². The summed E-state index contributed by atoms with van der Waals surface area (Å²) in [6.45, 7) is 0. The topological polar surface area (TPSA) is 51.8 Å². The number of hydrogen-bond acceptors (Lipinski definition) is 5. The van der Waals surface area contributed by atoms with Gasteiger partial charge < -0.3 is 4.42 Å². The lowest BCUT2D eigenvalue weighted by Gasteiger charge is -2.13. The van der Waals surface area contributed by atoms with Crippen LogP contribution in [0.2, 0.25) is 0 Å². The van der Waals surface area contributed by atoms with Crippen molar-refractivity contribution in [3.63, 3.8) is 0 Å². The number of hydrogen-bond donors (Lipinski definition) is 0. The van der Waals surface area contributed by atoms with Crippen LogP contribution in [0, 0.1) is 0 Å². The molecule has 318 valence electrons. The van der Waals surface area contributed by atoms with Crippen LogP contribution in [-0.2, 0) is 0 Å². The molecule has 3 heterocycles. The third-order valence-corrected chi connectivity index (χ3v) is 12.9. The Kier molecular flexibility index (Phi) is 6.90. The van der Waals surface area contributed by atoms with E-state index in [-0.39, 0.29) is 71.2 Å². The largest absolute Gasteiger partial charge is 0.456 e. The lowest BCUT2D eigenvalue weighted by Crippen LogP contribution is -2.00. The van der Waals surface area contributed by atoms with Crippen molar-refractivity contribution in [3.05, 3.63) is 236 Å². The predicted molar refractivity (Wildman–Crippen MR) is 283 cm³/mol. The molecule has 0 unspecified atom stereocenters. The summed E-state index contributed by atoms with van der Waals surface area (Å²) in [4.78, 5) is 15.1. The molecule has 5 heteroatoms. The first-order valence-electron chi connectivity index (χ1n) is 28.3. The summed E-state index contributed by atoms with van der Waals surface area (Å²) in [6, 6.07) is 45.1. The van der Waals surface area contributed by atoms with Crippen molar-refractivity contribution in [3.8, 4) is 89.8 Å². The average molecular weight is 899 g/mol. The van der Waals surface area contributed by atoms with Crippen LogP contribution in [0.15, 0.2) is 241 Å². The second-order valence-electron chi connectivity index (χ2n) is 16.1. The first kappa shape index (κ1) is 28.3. The Morgan fingerprint density at radius 1 is 0.309 bits per heavy atom. The van der Waals surface area contributed by atoms with E-state index in [4.69, 9.17) is 26.2 Å². The maximum Gasteiger partial charge on any atom is 0.164 e. The molecular weight excluding hydrogens is 847 g/mol. The number of fused-ring (bicyclic) bond motifs is 6. The SMILES string of the molecule is [2H]c1c([2H])c([2H])c2c(oc3c([2H])c(-c4c([2H])c([2H])c5sc6c([2H])c(-c7nc(-c8ccc(-c9cccc(-c%10ccccc%10)c9)cc8)nc(-c8cc(-c9ccccc9)cc(-c9ccccc9)c8)n7)c([2H])c([2H])c6c5c4[2H])c([2H])c([2H])c32)c1[2H]. The highest BCUT2D eigenvalue weighted by atomic mass is 32.1. The fraction of sp³-hybridized carbons (Fsp3) is 0. The van der Waals surface area contributed by atoms with Crippen molar-refractivity contribution >= 4 is 53.4 Å². The molecular formula is C63H39N3OS. The number of aromatic nitrogens is 3. The van der Waals surface area contributed by atoms with E-state index in [0.717, 1.165) is 55.8 Å². The van der Waals surface area contributed by atoms with Crippen molar-refractivity contribution in [1.29, 1.82) is 0 Å². The maximum atomic E-state index is 9.89. The smallest absolute Gasteiger partial charge is 0.164 e. The van der Waals surface area contributed by atoms with Crippen molar-refractivity contribution < 1.29 is 22.2 Å². The number of para-hydroxylation sites is 1. The number of benzene rings is 10. The summed E-state index contributed by atoms with van der Waals surface area (Å²) in [5, 5.41) is -0.526. The van der Waals surface area contributed by atoms with Gasteiger partial charge in [0.25, 0.3) is 0 Å². The van der Waals surface area contributed by atoms with Crippen molar-refractivity contribution in [2.75, 3.05) is 0 Å². The van der Waals surface area contributed by atoms with Gasteiger partial charge in [0.15, 0.2) is 17.5 Å². The van der Waals surface area contributed by atoms with Gasteiger partial charge in [-0.3, -0.25) is 0 Å². The number of rotatable bonds is 8. The molecule has 3 aromatic heterocycles. The normalized spacial score (nSPS) is 14.2. The highest BCUT2D eigenvalue weighted by molar-refractivity contribution is 7.25. The highest BCUT2D eigenvalue weighted by Crippen LogP contribution is 2.41. The Bertz CT molecular complexity index is 4730. The van der Waals surface area contributed by atoms with E-state index in [2.05, 4.69) is 30.3 Å². The van der Waals surface area contributed by atoms with Crippen molar-refractivity contribution in [1.82, 2.24) is 15.0 Å². The molecule has 0 spiro atoms. The average Bonchev–Trinajstić information content (AvgIpc) is 3.09. The predicted octanol–water partition coefficient (Wildman–Crippen LogP) is 17.5. The summed E-state index contributed by atoms with van der Waals surface area (Å²) in [5.41, 5.74) is 7.29. The molecule has 0 radical (unpaired) electrons. The van der Waals surface area contributed by atoms with Crippen LogP contribution in [0.25, 0.3) is 132 Å². The van der Waals surface area contributed by atoms with Gasteiger partial charge in [0.05, 0.1) is 17.8 Å². The van der Waals surface area contributed by atoms with E-state index in [9.17, 15) is 11.0 Å². The Labute approximate surface area is 415 Å².